The van der Waals surface area contributed by atoms with Crippen LogP contribution in [0.25, 0.3) is 0 Å². The molecule has 5 N–H and O–H groups in total. The lowest BCUT2D eigenvalue weighted by molar-refractivity contribution is -0.123. The number of fused-ring (bicyclic) bond motifs is 1. The molecule has 2 aliphatic heterocycles. The number of primary amides is 1. The fraction of sp³-hybridized carbons (Fsp3) is 0.280. The molecule has 0 radical (unpaired) electrons. The molecular formula is C25H24FN5O6S. The lowest BCUT2D eigenvalue weighted by Crippen LogP contribution is -2.45. The number of carbonyl (C=O) groups is 3. The number of halogens is 1. The number of hydrogen-bond donors (Lipinski definition) is 3. The number of amides is 3. The molecule has 5 rings (SSSR count). The zero-order valence-electron chi connectivity index (χ0n) is 20.0. The van der Waals surface area contributed by atoms with Crippen LogP contribution in [-0.4, -0.2) is 48.1 Å². The van der Waals surface area contributed by atoms with E-state index >= 15 is 0 Å². The molecule has 0 aliphatic carbocycles. The van der Waals surface area contributed by atoms with Crippen molar-refractivity contribution in [3.63, 3.8) is 0 Å². The van der Waals surface area contributed by atoms with Gasteiger partial charge >= 0.3 is 0 Å². The van der Waals surface area contributed by atoms with Crippen LogP contribution in [0.5, 0.6) is 11.5 Å². The first kappa shape index (κ1) is 25.4. The molecule has 198 valence electrons. The summed E-state index contributed by atoms with van der Waals surface area (Å²) in [5.74, 6) is -1.81. The van der Waals surface area contributed by atoms with Crippen LogP contribution in [0.4, 0.5) is 15.8 Å². The quantitative estimate of drug-likeness (QED) is 0.392. The second-order valence-corrected chi connectivity index (χ2v) is 9.46. The first-order chi connectivity index (χ1) is 18.3. The molecule has 2 aliphatic rings. The van der Waals surface area contributed by atoms with E-state index in [1.165, 1.54) is 29.2 Å². The average Bonchev–Trinajstić information content (AvgIpc) is 3.67. The van der Waals surface area contributed by atoms with Gasteiger partial charge in [-0.3, -0.25) is 19.3 Å². The van der Waals surface area contributed by atoms with Gasteiger partial charge in [0, 0.05) is 24.9 Å². The number of nitrogens with one attached hydrogen (secondary N) is 1. The maximum atomic E-state index is 14.1. The number of hydrogen-bond acceptors (Lipinski definition) is 9. The van der Waals surface area contributed by atoms with Gasteiger partial charge in [-0.15, -0.1) is 0 Å². The van der Waals surface area contributed by atoms with Crippen molar-refractivity contribution in [3.8, 4) is 11.5 Å². The normalized spacial score (nSPS) is 16.7. The van der Waals surface area contributed by atoms with Crippen LogP contribution in [-0.2, 0) is 9.53 Å². The third kappa shape index (κ3) is 4.97. The van der Waals surface area contributed by atoms with Gasteiger partial charge in [0.2, 0.25) is 12.7 Å². The van der Waals surface area contributed by atoms with Gasteiger partial charge in [0.25, 0.3) is 11.8 Å². The van der Waals surface area contributed by atoms with Crippen molar-refractivity contribution in [2.75, 3.05) is 30.6 Å². The zero-order valence-corrected chi connectivity index (χ0v) is 20.8. The highest BCUT2D eigenvalue weighted by Gasteiger charge is 2.37. The fourth-order valence-electron chi connectivity index (χ4n) is 4.34. The number of benzene rings is 2. The van der Waals surface area contributed by atoms with Gasteiger partial charge in [-0.2, -0.15) is 4.37 Å². The van der Waals surface area contributed by atoms with E-state index in [-0.39, 0.29) is 41.4 Å². The van der Waals surface area contributed by atoms with Crippen LogP contribution >= 0.6 is 11.5 Å². The summed E-state index contributed by atoms with van der Waals surface area (Å²) in [7, 11) is 0. The van der Waals surface area contributed by atoms with Gasteiger partial charge in [-0.05, 0) is 54.2 Å². The van der Waals surface area contributed by atoms with Gasteiger partial charge < -0.3 is 31.0 Å². The first-order valence-corrected chi connectivity index (χ1v) is 12.5. The SMILES string of the molecule is NC(=O)c1nsc(C(=O)N(c2ccc3c(c2)OCO3)[C@H](C(=O)NC[C@H]2CCCO2)c2ccc(F)cc2)c1N. The molecule has 3 aromatic rings. The Hall–Kier alpha value is -4.23. The standard InChI is InChI=1S/C25H24FN5O6S/c26-14-5-3-13(4-6-14)21(24(33)29-11-16-2-1-9-35-16)31(15-7-8-17-18(10-15)37-12-36-17)25(34)22-19(27)20(23(28)32)30-38-22/h3-8,10,16,21H,1-2,9,11-12,27H2,(H2,28,32)(H,29,33)/t16-,21+/m1/s1. The zero-order chi connectivity index (χ0) is 26.8. The number of nitrogens with two attached hydrogens (primary N) is 2. The highest BCUT2D eigenvalue weighted by molar-refractivity contribution is 7.09. The molecule has 0 saturated carbocycles. The number of ether oxygens (including phenoxy) is 3. The Morgan fingerprint density at radius 2 is 1.92 bits per heavy atom. The summed E-state index contributed by atoms with van der Waals surface area (Å²) in [6, 6.07) is 8.72. The predicted octanol–water partition coefficient (Wildman–Crippen LogP) is 2.38. The van der Waals surface area contributed by atoms with Gasteiger partial charge in [0.1, 0.15) is 16.7 Å². The second kappa shape index (κ2) is 10.6. The summed E-state index contributed by atoms with van der Waals surface area (Å²) in [5.41, 5.74) is 11.6. The van der Waals surface area contributed by atoms with Crippen LogP contribution in [0.3, 0.4) is 0 Å². The van der Waals surface area contributed by atoms with Crippen LogP contribution in [0.1, 0.15) is 44.6 Å². The van der Waals surface area contributed by atoms with Crippen LogP contribution in [0.2, 0.25) is 0 Å². The van der Waals surface area contributed by atoms with Crippen LogP contribution in [0.15, 0.2) is 42.5 Å². The predicted molar refractivity (Wildman–Crippen MR) is 136 cm³/mol. The van der Waals surface area contributed by atoms with E-state index in [0.29, 0.717) is 35.2 Å². The summed E-state index contributed by atoms with van der Waals surface area (Å²) in [5, 5.41) is 2.86. The first-order valence-electron chi connectivity index (χ1n) is 11.8. The Labute approximate surface area is 220 Å². The molecule has 3 amide bonds. The molecule has 2 aromatic carbocycles. The molecule has 1 aromatic heterocycles. The number of aromatic nitrogens is 1. The molecular weight excluding hydrogens is 517 g/mol. The van der Waals surface area contributed by atoms with Gasteiger partial charge in [-0.25, -0.2) is 4.39 Å². The van der Waals surface area contributed by atoms with E-state index < -0.39 is 29.6 Å². The molecule has 2 atom stereocenters. The van der Waals surface area contributed by atoms with Gasteiger partial charge in [-0.1, -0.05) is 12.1 Å². The average molecular weight is 542 g/mol. The Balaban J connectivity index is 1.60. The van der Waals surface area contributed by atoms with Crippen molar-refractivity contribution in [1.29, 1.82) is 0 Å². The van der Waals surface area contributed by atoms with Crippen molar-refractivity contribution >= 4 is 40.6 Å². The fourth-order valence-corrected chi connectivity index (χ4v) is 5.08. The molecule has 3 heterocycles. The lowest BCUT2D eigenvalue weighted by atomic mass is 10.0. The van der Waals surface area contributed by atoms with Crippen molar-refractivity contribution in [2.24, 2.45) is 5.73 Å². The van der Waals surface area contributed by atoms with Gasteiger partial charge in [0.05, 0.1) is 11.8 Å². The molecule has 1 fully saturated rings. The summed E-state index contributed by atoms with van der Waals surface area (Å²) < 4.78 is 34.3. The summed E-state index contributed by atoms with van der Waals surface area (Å²) in [6.07, 6.45) is 1.52. The number of anilines is 2. The minimum atomic E-state index is -1.26. The Morgan fingerprint density at radius 3 is 2.61 bits per heavy atom. The number of nitrogens with zero attached hydrogens (tertiary/aromatic N) is 2. The highest BCUT2D eigenvalue weighted by atomic mass is 32.1. The van der Waals surface area contributed by atoms with Crippen molar-refractivity contribution in [2.45, 2.75) is 25.0 Å². The van der Waals surface area contributed by atoms with E-state index in [1.54, 1.807) is 18.2 Å². The number of carbonyl (C=O) groups excluding carboxylic acids is 3. The van der Waals surface area contributed by atoms with Crippen molar-refractivity contribution in [1.82, 2.24) is 9.69 Å². The van der Waals surface area contributed by atoms with E-state index in [0.717, 1.165) is 12.8 Å². The van der Waals surface area contributed by atoms with Crippen LogP contribution < -0.4 is 31.2 Å². The third-order valence-corrected chi connectivity index (χ3v) is 7.08. The van der Waals surface area contributed by atoms with E-state index in [4.69, 9.17) is 25.7 Å². The third-order valence-electron chi connectivity index (χ3n) is 6.23. The molecule has 0 bridgehead atoms. The van der Waals surface area contributed by atoms with E-state index in [9.17, 15) is 18.8 Å². The Bertz CT molecular complexity index is 1380. The second-order valence-electron chi connectivity index (χ2n) is 8.69. The summed E-state index contributed by atoms with van der Waals surface area (Å²) in [6.45, 7) is 0.838. The number of rotatable bonds is 8. The molecule has 0 spiro atoms. The maximum Gasteiger partial charge on any atom is 0.273 e. The summed E-state index contributed by atoms with van der Waals surface area (Å²) >= 11 is 0.687. The van der Waals surface area contributed by atoms with E-state index in [1.807, 2.05) is 0 Å². The smallest absolute Gasteiger partial charge is 0.273 e. The minimum absolute atomic E-state index is 0.000235. The monoisotopic (exact) mass is 541 g/mol. The Morgan fingerprint density at radius 1 is 1.16 bits per heavy atom. The Kier molecular flexibility index (Phi) is 7.11. The summed E-state index contributed by atoms with van der Waals surface area (Å²) in [4.78, 5) is 40.7. The molecule has 1 saturated heterocycles. The van der Waals surface area contributed by atoms with Crippen molar-refractivity contribution < 1.29 is 33.0 Å². The van der Waals surface area contributed by atoms with Crippen LogP contribution in [0, 0.1) is 5.82 Å². The largest absolute Gasteiger partial charge is 0.454 e. The topological polar surface area (TPSA) is 159 Å². The molecule has 13 heteroatoms. The maximum absolute atomic E-state index is 14.1. The van der Waals surface area contributed by atoms with E-state index in [2.05, 4.69) is 9.69 Å². The lowest BCUT2D eigenvalue weighted by Gasteiger charge is -2.31. The van der Waals surface area contributed by atoms with Gasteiger partial charge in [0.15, 0.2) is 17.2 Å². The molecule has 11 nitrogen and oxygen atoms in total. The number of nitrogen functional groups attached to an aromatic ring is 1. The van der Waals surface area contributed by atoms with Crippen molar-refractivity contribution in [3.05, 3.63) is 64.4 Å². The highest BCUT2D eigenvalue weighted by Crippen LogP contribution is 2.39. The minimum Gasteiger partial charge on any atom is -0.454 e. The molecule has 0 unspecified atom stereocenters. The molecule has 38 heavy (non-hydrogen) atoms.